The highest BCUT2D eigenvalue weighted by molar-refractivity contribution is 6.20. The Morgan fingerprint density at radius 2 is 0.768 bits per heavy atom. The van der Waals surface area contributed by atoms with E-state index >= 15 is 0 Å². The van der Waals surface area contributed by atoms with Gasteiger partial charge in [-0.05, 0) is 115 Å². The van der Waals surface area contributed by atoms with Crippen molar-refractivity contribution in [2.75, 3.05) is 4.90 Å². The second-order valence-electron chi connectivity index (χ2n) is 14.5. The van der Waals surface area contributed by atoms with Crippen molar-refractivity contribution in [3.8, 4) is 33.4 Å². The van der Waals surface area contributed by atoms with E-state index in [9.17, 15) is 0 Å². The fraction of sp³-hybridized carbons (Fsp3) is 0. The molecule has 0 aliphatic carbocycles. The van der Waals surface area contributed by atoms with Crippen molar-refractivity contribution in [3.63, 3.8) is 0 Å². The van der Waals surface area contributed by atoms with Crippen LogP contribution in [-0.4, -0.2) is 0 Å². The Bertz CT molecular complexity index is 3220. The van der Waals surface area contributed by atoms with Gasteiger partial charge in [0, 0.05) is 33.2 Å². The first kappa shape index (κ1) is 32.0. The maximum Gasteiger partial charge on any atom is 0.143 e. The number of nitrogens with zero attached hydrogens (tertiary/aromatic N) is 1. The highest BCUT2D eigenvalue weighted by Crippen LogP contribution is 2.44. The minimum absolute atomic E-state index is 0.872. The summed E-state index contributed by atoms with van der Waals surface area (Å²) >= 11 is 0. The lowest BCUT2D eigenvalue weighted by Gasteiger charge is -2.26. The molecule has 11 aromatic rings. The molecule has 0 saturated carbocycles. The van der Waals surface area contributed by atoms with Crippen LogP contribution in [0.4, 0.5) is 17.1 Å². The van der Waals surface area contributed by atoms with Crippen molar-refractivity contribution in [1.82, 2.24) is 0 Å². The summed E-state index contributed by atoms with van der Waals surface area (Å²) in [6.07, 6.45) is 0. The predicted molar refractivity (Wildman–Crippen MR) is 237 cm³/mol. The summed E-state index contributed by atoms with van der Waals surface area (Å²) < 4.78 is 6.68. The molecule has 0 N–H and O–H groups in total. The maximum atomic E-state index is 6.68. The van der Waals surface area contributed by atoms with Gasteiger partial charge in [0.1, 0.15) is 11.2 Å². The quantitative estimate of drug-likeness (QED) is 0.160. The molecule has 0 saturated heterocycles. The van der Waals surface area contributed by atoms with Crippen LogP contribution in [0.15, 0.2) is 217 Å². The average Bonchev–Trinajstić information content (AvgIpc) is 3.65. The molecule has 11 rings (SSSR count). The largest absolute Gasteiger partial charge is 0.455 e. The SMILES string of the molecule is c1ccc(-c2ccc(N(c3ccc(-c4cc5ccccc5c5ccccc45)cc3)c3ccc4oc5c6ccccc6c(-c6ccccc6)cc5c4c3)cc2)cc1. The number of benzene rings is 10. The summed E-state index contributed by atoms with van der Waals surface area (Å²) in [6, 6.07) is 76.4. The van der Waals surface area contributed by atoms with Crippen LogP contribution >= 0.6 is 0 Å². The Balaban J connectivity index is 1.08. The van der Waals surface area contributed by atoms with Gasteiger partial charge in [0.25, 0.3) is 0 Å². The normalized spacial score (nSPS) is 11.6. The van der Waals surface area contributed by atoms with Crippen molar-refractivity contribution >= 4 is 71.3 Å². The highest BCUT2D eigenvalue weighted by Gasteiger charge is 2.19. The highest BCUT2D eigenvalue weighted by atomic mass is 16.3. The molecule has 0 spiro atoms. The van der Waals surface area contributed by atoms with Gasteiger partial charge in [-0.1, -0.05) is 158 Å². The zero-order chi connectivity index (χ0) is 37.0. The Morgan fingerprint density at radius 3 is 1.46 bits per heavy atom. The molecule has 1 aromatic heterocycles. The van der Waals surface area contributed by atoms with E-state index < -0.39 is 0 Å². The van der Waals surface area contributed by atoms with Crippen molar-refractivity contribution in [2.45, 2.75) is 0 Å². The van der Waals surface area contributed by atoms with E-state index in [1.807, 2.05) is 0 Å². The Labute approximate surface area is 325 Å². The Morgan fingerprint density at radius 1 is 0.286 bits per heavy atom. The molecule has 2 heteroatoms. The van der Waals surface area contributed by atoms with E-state index in [1.165, 1.54) is 60.3 Å². The number of furan rings is 1. The topological polar surface area (TPSA) is 16.4 Å². The molecule has 0 aliphatic rings. The van der Waals surface area contributed by atoms with Crippen molar-refractivity contribution in [3.05, 3.63) is 212 Å². The van der Waals surface area contributed by atoms with Crippen LogP contribution in [0.3, 0.4) is 0 Å². The lowest BCUT2D eigenvalue weighted by atomic mass is 9.93. The van der Waals surface area contributed by atoms with Gasteiger partial charge in [-0.25, -0.2) is 0 Å². The third-order valence-corrected chi connectivity index (χ3v) is 11.2. The number of hydrogen-bond donors (Lipinski definition) is 0. The molecule has 0 fully saturated rings. The van der Waals surface area contributed by atoms with Gasteiger partial charge in [-0.3, -0.25) is 0 Å². The van der Waals surface area contributed by atoms with Crippen LogP contribution in [0.2, 0.25) is 0 Å². The first-order valence-electron chi connectivity index (χ1n) is 19.2. The molecule has 0 amide bonds. The van der Waals surface area contributed by atoms with E-state index in [2.05, 4.69) is 217 Å². The standard InChI is InChI=1S/C54H35NO/c1-3-13-36(14-4-1)37-23-27-41(28-24-37)55(42-29-25-39(26-30-42)49-33-40-17-7-8-18-44(40)45-19-9-10-20-46(45)49)43-31-32-53-51(34-43)52-35-50(38-15-5-2-6-16-38)47-21-11-12-22-48(47)54(52)56-53/h1-35H. The summed E-state index contributed by atoms with van der Waals surface area (Å²) in [5.41, 5.74) is 12.2. The van der Waals surface area contributed by atoms with Crippen molar-refractivity contribution < 1.29 is 4.42 Å². The Kier molecular flexibility index (Phi) is 7.53. The van der Waals surface area contributed by atoms with Crippen LogP contribution in [0.1, 0.15) is 0 Å². The minimum Gasteiger partial charge on any atom is -0.455 e. The average molecular weight is 714 g/mol. The summed E-state index contributed by atoms with van der Waals surface area (Å²) in [5.74, 6) is 0. The van der Waals surface area contributed by atoms with Crippen LogP contribution in [0.25, 0.3) is 87.6 Å². The van der Waals surface area contributed by atoms with Crippen LogP contribution in [0, 0.1) is 0 Å². The predicted octanol–water partition coefficient (Wildman–Crippen LogP) is 15.5. The number of fused-ring (bicyclic) bond motifs is 8. The molecule has 0 unspecified atom stereocenters. The summed E-state index contributed by atoms with van der Waals surface area (Å²) in [6.45, 7) is 0. The van der Waals surface area contributed by atoms with Crippen LogP contribution in [0.5, 0.6) is 0 Å². The molecule has 0 bridgehead atoms. The molecule has 2 nitrogen and oxygen atoms in total. The molecule has 0 radical (unpaired) electrons. The molecule has 0 aliphatic heterocycles. The van der Waals surface area contributed by atoms with Gasteiger partial charge >= 0.3 is 0 Å². The molecule has 1 heterocycles. The molecule has 0 atom stereocenters. The van der Waals surface area contributed by atoms with E-state index in [1.54, 1.807) is 0 Å². The van der Waals surface area contributed by atoms with E-state index in [0.29, 0.717) is 0 Å². The molecule has 56 heavy (non-hydrogen) atoms. The van der Waals surface area contributed by atoms with E-state index in [4.69, 9.17) is 4.42 Å². The minimum atomic E-state index is 0.872. The monoisotopic (exact) mass is 713 g/mol. The van der Waals surface area contributed by atoms with Gasteiger partial charge in [0.05, 0.1) is 0 Å². The van der Waals surface area contributed by atoms with Crippen molar-refractivity contribution in [2.24, 2.45) is 0 Å². The van der Waals surface area contributed by atoms with Crippen LogP contribution in [-0.2, 0) is 0 Å². The van der Waals surface area contributed by atoms with E-state index in [0.717, 1.165) is 44.4 Å². The van der Waals surface area contributed by atoms with Gasteiger partial charge in [-0.2, -0.15) is 0 Å². The fourth-order valence-electron chi connectivity index (χ4n) is 8.55. The van der Waals surface area contributed by atoms with Crippen molar-refractivity contribution in [1.29, 1.82) is 0 Å². The van der Waals surface area contributed by atoms with Gasteiger partial charge in [0.15, 0.2) is 0 Å². The zero-order valence-electron chi connectivity index (χ0n) is 30.6. The molecule has 262 valence electrons. The lowest BCUT2D eigenvalue weighted by Crippen LogP contribution is -2.09. The third kappa shape index (κ3) is 5.34. The smallest absolute Gasteiger partial charge is 0.143 e. The fourth-order valence-corrected chi connectivity index (χ4v) is 8.55. The summed E-state index contributed by atoms with van der Waals surface area (Å²) in [4.78, 5) is 2.36. The molecular formula is C54H35NO. The summed E-state index contributed by atoms with van der Waals surface area (Å²) in [5, 5.41) is 9.55. The zero-order valence-corrected chi connectivity index (χ0v) is 30.6. The number of hydrogen-bond acceptors (Lipinski definition) is 2. The van der Waals surface area contributed by atoms with Gasteiger partial charge in [-0.15, -0.1) is 0 Å². The molecular weight excluding hydrogens is 679 g/mol. The first-order chi connectivity index (χ1) is 27.8. The van der Waals surface area contributed by atoms with Gasteiger partial charge in [0.2, 0.25) is 0 Å². The maximum absolute atomic E-state index is 6.68. The number of rotatable bonds is 6. The second-order valence-corrected chi connectivity index (χ2v) is 14.5. The van der Waals surface area contributed by atoms with Gasteiger partial charge < -0.3 is 9.32 Å². The third-order valence-electron chi connectivity index (χ3n) is 11.2. The summed E-state index contributed by atoms with van der Waals surface area (Å²) in [7, 11) is 0. The van der Waals surface area contributed by atoms with Crippen LogP contribution < -0.4 is 4.90 Å². The van der Waals surface area contributed by atoms with E-state index in [-0.39, 0.29) is 0 Å². The first-order valence-corrected chi connectivity index (χ1v) is 19.2. The second kappa shape index (κ2) is 13.2. The molecule has 10 aromatic carbocycles. The lowest BCUT2D eigenvalue weighted by molar-refractivity contribution is 0.672. The number of anilines is 3. The Hall–Kier alpha value is -7.42.